The molecule has 0 aromatic heterocycles. The molecule has 0 aliphatic heterocycles. The first-order valence-corrected chi connectivity index (χ1v) is 13.1. The number of unbranched alkanes of at least 4 members (excludes halogenated alkanes) is 8. The van der Waals surface area contributed by atoms with Crippen LogP contribution in [0.1, 0.15) is 103 Å². The van der Waals surface area contributed by atoms with Gasteiger partial charge in [-0.2, -0.15) is 8.42 Å². The summed E-state index contributed by atoms with van der Waals surface area (Å²) in [5.41, 5.74) is 2.72. The summed E-state index contributed by atoms with van der Waals surface area (Å²) in [5, 5.41) is -0.877. The number of hydrogen-bond donors (Lipinski definition) is 1. The lowest BCUT2D eigenvalue weighted by molar-refractivity contribution is 0.302. The molecule has 0 aliphatic rings. The molecule has 0 aliphatic carbocycles. The minimum Gasteiger partial charge on any atom is -0.492 e. The van der Waals surface area contributed by atoms with Crippen LogP contribution in [0.15, 0.2) is 18.2 Å². The third kappa shape index (κ3) is 11.0. The van der Waals surface area contributed by atoms with Gasteiger partial charge in [-0.05, 0) is 55.4 Å². The molecular weight excluding hydrogens is 384 g/mol. The maximum Gasteiger partial charge on any atom is 0.271 e. The molecule has 4 nitrogen and oxygen atoms in total. The molecule has 1 atom stereocenters. The molecular formula is C24H42O4S. The van der Waals surface area contributed by atoms with Crippen molar-refractivity contribution in [2.24, 2.45) is 0 Å². The van der Waals surface area contributed by atoms with Crippen LogP contribution < -0.4 is 4.74 Å². The fourth-order valence-electron chi connectivity index (χ4n) is 3.61. The molecule has 1 unspecified atom stereocenters. The Morgan fingerprint density at radius 1 is 0.828 bits per heavy atom. The van der Waals surface area contributed by atoms with Gasteiger partial charge in [-0.1, -0.05) is 78.2 Å². The number of aryl methyl sites for hydroxylation is 2. The van der Waals surface area contributed by atoms with Crippen molar-refractivity contribution >= 4 is 10.1 Å². The fourth-order valence-corrected chi connectivity index (χ4v) is 4.27. The highest BCUT2D eigenvalue weighted by Crippen LogP contribution is 2.23. The second-order valence-electron chi connectivity index (χ2n) is 8.12. The van der Waals surface area contributed by atoms with Gasteiger partial charge in [0.2, 0.25) is 0 Å². The largest absolute Gasteiger partial charge is 0.492 e. The van der Waals surface area contributed by atoms with E-state index in [-0.39, 0.29) is 6.61 Å². The monoisotopic (exact) mass is 426 g/mol. The van der Waals surface area contributed by atoms with Crippen LogP contribution in [0.5, 0.6) is 5.75 Å². The Bertz CT molecular complexity index is 655. The van der Waals surface area contributed by atoms with Crippen molar-refractivity contribution in [1.82, 2.24) is 0 Å². The summed E-state index contributed by atoms with van der Waals surface area (Å²) >= 11 is 0. The summed E-state index contributed by atoms with van der Waals surface area (Å²) in [6.45, 7) is 6.20. The average molecular weight is 427 g/mol. The molecule has 168 valence electrons. The van der Waals surface area contributed by atoms with Gasteiger partial charge >= 0.3 is 0 Å². The normalized spacial score (nSPS) is 12.8. The standard InChI is InChI=1S/C24H42O4S/c1-4-7-9-11-13-15-21-17-18-23(28-20-24(6-3)29(25,26)27)19-22(21)16-14-12-10-8-5-2/h17-19,24H,4-16,20H2,1-3H3,(H,25,26,27). The SMILES string of the molecule is CCCCCCCc1ccc(OCC(CC)S(=O)(=O)O)cc1CCCCCCC. The molecule has 0 bridgehead atoms. The molecule has 0 fully saturated rings. The van der Waals surface area contributed by atoms with E-state index in [9.17, 15) is 13.0 Å². The summed E-state index contributed by atoms with van der Waals surface area (Å²) in [5.74, 6) is 0.699. The number of ether oxygens (including phenoxy) is 1. The van der Waals surface area contributed by atoms with E-state index in [2.05, 4.69) is 26.0 Å². The molecule has 0 saturated carbocycles. The lowest BCUT2D eigenvalue weighted by atomic mass is 9.96. The molecule has 29 heavy (non-hydrogen) atoms. The minimum absolute atomic E-state index is 0.0123. The van der Waals surface area contributed by atoms with Gasteiger partial charge < -0.3 is 4.74 Å². The lowest BCUT2D eigenvalue weighted by Crippen LogP contribution is -2.26. The molecule has 1 aromatic rings. The summed E-state index contributed by atoms with van der Waals surface area (Å²) in [4.78, 5) is 0. The molecule has 1 rings (SSSR count). The topological polar surface area (TPSA) is 63.6 Å². The van der Waals surface area contributed by atoms with Crippen molar-refractivity contribution in [3.63, 3.8) is 0 Å². The third-order valence-corrected chi connectivity index (χ3v) is 6.90. The quantitative estimate of drug-likeness (QED) is 0.221. The van der Waals surface area contributed by atoms with Crippen LogP contribution in [0.25, 0.3) is 0 Å². The molecule has 0 amide bonds. The highest BCUT2D eigenvalue weighted by molar-refractivity contribution is 7.86. The van der Waals surface area contributed by atoms with E-state index in [0.717, 1.165) is 12.8 Å². The van der Waals surface area contributed by atoms with Crippen LogP contribution in [0, 0.1) is 0 Å². The molecule has 0 spiro atoms. The molecule has 0 heterocycles. The first kappa shape index (κ1) is 26.0. The van der Waals surface area contributed by atoms with Crippen molar-refractivity contribution in [2.75, 3.05) is 6.61 Å². The van der Waals surface area contributed by atoms with Gasteiger partial charge in [-0.3, -0.25) is 4.55 Å². The molecule has 0 saturated heterocycles. The highest BCUT2D eigenvalue weighted by atomic mass is 32.2. The first-order valence-electron chi connectivity index (χ1n) is 11.6. The van der Waals surface area contributed by atoms with Gasteiger partial charge in [0, 0.05) is 0 Å². The Hall–Kier alpha value is -1.07. The second kappa shape index (κ2) is 14.8. The van der Waals surface area contributed by atoms with Gasteiger partial charge in [0.1, 0.15) is 17.6 Å². The van der Waals surface area contributed by atoms with E-state index in [1.807, 2.05) is 6.07 Å². The maximum atomic E-state index is 11.4. The lowest BCUT2D eigenvalue weighted by Gasteiger charge is -2.16. The Morgan fingerprint density at radius 2 is 1.38 bits per heavy atom. The summed E-state index contributed by atoms with van der Waals surface area (Å²) in [6.07, 6.45) is 15.1. The third-order valence-electron chi connectivity index (χ3n) is 5.59. The van der Waals surface area contributed by atoms with E-state index in [1.165, 1.54) is 75.3 Å². The van der Waals surface area contributed by atoms with E-state index in [4.69, 9.17) is 4.74 Å². The van der Waals surface area contributed by atoms with Crippen molar-refractivity contribution in [3.8, 4) is 5.75 Å². The number of rotatable bonds is 17. The van der Waals surface area contributed by atoms with Crippen molar-refractivity contribution < 1.29 is 17.7 Å². The summed E-state index contributed by atoms with van der Waals surface area (Å²) < 4.78 is 37.8. The van der Waals surface area contributed by atoms with Gasteiger partial charge in [0.25, 0.3) is 10.1 Å². The fraction of sp³-hybridized carbons (Fsp3) is 0.750. The summed E-state index contributed by atoms with van der Waals surface area (Å²) in [6, 6.07) is 6.17. The second-order valence-corrected chi connectivity index (χ2v) is 9.81. The molecule has 1 aromatic carbocycles. The van der Waals surface area contributed by atoms with Crippen LogP contribution in [0.4, 0.5) is 0 Å². The summed E-state index contributed by atoms with van der Waals surface area (Å²) in [7, 11) is -4.07. The maximum absolute atomic E-state index is 11.4. The van der Waals surface area contributed by atoms with Crippen LogP contribution in [0.3, 0.4) is 0 Å². The molecule has 1 N–H and O–H groups in total. The smallest absolute Gasteiger partial charge is 0.271 e. The van der Waals surface area contributed by atoms with E-state index < -0.39 is 15.4 Å². The average Bonchev–Trinajstić information content (AvgIpc) is 2.68. The van der Waals surface area contributed by atoms with Crippen molar-refractivity contribution in [1.29, 1.82) is 0 Å². The van der Waals surface area contributed by atoms with Crippen molar-refractivity contribution in [3.05, 3.63) is 29.3 Å². The zero-order chi connectivity index (χ0) is 21.5. The Kier molecular flexibility index (Phi) is 13.3. The van der Waals surface area contributed by atoms with Crippen LogP contribution >= 0.6 is 0 Å². The van der Waals surface area contributed by atoms with Gasteiger partial charge in [-0.15, -0.1) is 0 Å². The van der Waals surface area contributed by atoms with E-state index in [1.54, 1.807) is 6.92 Å². The zero-order valence-electron chi connectivity index (χ0n) is 18.8. The molecule has 5 heteroatoms. The number of hydrogen-bond acceptors (Lipinski definition) is 3. The van der Waals surface area contributed by atoms with Crippen LogP contribution in [0.2, 0.25) is 0 Å². The van der Waals surface area contributed by atoms with E-state index >= 15 is 0 Å². The van der Waals surface area contributed by atoms with Gasteiger partial charge in [0.05, 0.1) is 0 Å². The first-order chi connectivity index (χ1) is 13.9. The predicted molar refractivity (Wildman–Crippen MR) is 122 cm³/mol. The number of benzene rings is 1. The molecule has 0 radical (unpaired) electrons. The van der Waals surface area contributed by atoms with Crippen molar-refractivity contribution in [2.45, 2.75) is 109 Å². The Labute approximate surface area is 179 Å². The minimum atomic E-state index is -4.07. The Balaban J connectivity index is 2.73. The van der Waals surface area contributed by atoms with Crippen LogP contribution in [-0.2, 0) is 23.0 Å². The van der Waals surface area contributed by atoms with E-state index in [0.29, 0.717) is 12.2 Å². The van der Waals surface area contributed by atoms with Gasteiger partial charge in [0.15, 0.2) is 0 Å². The zero-order valence-corrected chi connectivity index (χ0v) is 19.6. The predicted octanol–water partition coefficient (Wildman–Crippen LogP) is 6.76. The Morgan fingerprint density at radius 3 is 1.90 bits per heavy atom. The highest BCUT2D eigenvalue weighted by Gasteiger charge is 2.21. The van der Waals surface area contributed by atoms with Gasteiger partial charge in [-0.25, -0.2) is 0 Å². The van der Waals surface area contributed by atoms with Crippen LogP contribution in [-0.4, -0.2) is 24.8 Å².